The molecule has 1 saturated carbocycles. The van der Waals surface area contributed by atoms with E-state index in [2.05, 4.69) is 22.0 Å². The van der Waals surface area contributed by atoms with E-state index in [1.807, 2.05) is 29.2 Å². The highest BCUT2D eigenvalue weighted by Gasteiger charge is 2.28. The lowest BCUT2D eigenvalue weighted by molar-refractivity contribution is -0.133. The van der Waals surface area contributed by atoms with Crippen molar-refractivity contribution >= 4 is 17.5 Å². The van der Waals surface area contributed by atoms with E-state index >= 15 is 0 Å². The summed E-state index contributed by atoms with van der Waals surface area (Å²) in [4.78, 5) is 21.4. The van der Waals surface area contributed by atoms with E-state index in [-0.39, 0.29) is 6.04 Å². The standard InChI is InChI=1S/C22H29ClN4O2/c1-16(22-24-21(25-29-22)18-7-9-19(23)10-8-18)26-12-14-27(15-13-26)20(28)11-6-17-4-2-3-5-17/h7-10,16-17H,2-6,11-15H2,1H3/t16-/m1/s1. The summed E-state index contributed by atoms with van der Waals surface area (Å²) in [5, 5.41) is 4.80. The van der Waals surface area contributed by atoms with E-state index in [1.54, 1.807) is 0 Å². The first-order chi connectivity index (χ1) is 14.1. The second kappa shape index (κ2) is 9.26. The summed E-state index contributed by atoms with van der Waals surface area (Å²) in [5.41, 5.74) is 0.884. The first-order valence-electron chi connectivity index (χ1n) is 10.7. The van der Waals surface area contributed by atoms with Gasteiger partial charge in [-0.25, -0.2) is 0 Å². The molecule has 1 aromatic carbocycles. The Labute approximate surface area is 177 Å². The molecule has 2 heterocycles. The Hall–Kier alpha value is -1.92. The summed E-state index contributed by atoms with van der Waals surface area (Å²) in [6, 6.07) is 7.44. The van der Waals surface area contributed by atoms with Gasteiger partial charge in [0.15, 0.2) is 0 Å². The third-order valence-corrected chi connectivity index (χ3v) is 6.61. The van der Waals surface area contributed by atoms with Gasteiger partial charge in [-0.1, -0.05) is 42.4 Å². The van der Waals surface area contributed by atoms with Crippen LogP contribution in [0.2, 0.25) is 5.02 Å². The molecular formula is C22H29ClN4O2. The average Bonchev–Trinajstić information content (AvgIpc) is 3.44. The number of halogens is 1. The van der Waals surface area contributed by atoms with Crippen LogP contribution in [0.15, 0.2) is 28.8 Å². The molecule has 0 N–H and O–H groups in total. The second-order valence-corrected chi connectivity index (χ2v) is 8.68. The van der Waals surface area contributed by atoms with Crippen LogP contribution in [0.4, 0.5) is 0 Å². The lowest BCUT2D eigenvalue weighted by Gasteiger charge is -2.37. The smallest absolute Gasteiger partial charge is 0.244 e. The van der Waals surface area contributed by atoms with E-state index in [0.717, 1.165) is 44.1 Å². The van der Waals surface area contributed by atoms with Crippen molar-refractivity contribution in [1.82, 2.24) is 19.9 Å². The maximum Gasteiger partial charge on any atom is 0.244 e. The Morgan fingerprint density at radius 1 is 1.17 bits per heavy atom. The molecule has 1 aromatic heterocycles. The van der Waals surface area contributed by atoms with Crippen LogP contribution in [-0.2, 0) is 4.79 Å². The number of aromatic nitrogens is 2. The first kappa shape index (κ1) is 20.4. The van der Waals surface area contributed by atoms with Gasteiger partial charge in [0.25, 0.3) is 0 Å². The molecular weight excluding hydrogens is 388 g/mol. The lowest BCUT2D eigenvalue weighted by atomic mass is 10.0. The number of carbonyl (C=O) groups excluding carboxylic acids is 1. The Morgan fingerprint density at radius 3 is 2.55 bits per heavy atom. The third kappa shape index (κ3) is 4.98. The van der Waals surface area contributed by atoms with E-state index in [1.165, 1.54) is 25.7 Å². The van der Waals surface area contributed by atoms with Crippen molar-refractivity contribution in [3.63, 3.8) is 0 Å². The van der Waals surface area contributed by atoms with Crippen LogP contribution in [0.5, 0.6) is 0 Å². The number of hydrogen-bond donors (Lipinski definition) is 0. The van der Waals surface area contributed by atoms with Crippen molar-refractivity contribution < 1.29 is 9.32 Å². The van der Waals surface area contributed by atoms with Crippen LogP contribution in [0.3, 0.4) is 0 Å². The summed E-state index contributed by atoms with van der Waals surface area (Å²) in [5.74, 6) is 2.26. The lowest BCUT2D eigenvalue weighted by Crippen LogP contribution is -2.49. The van der Waals surface area contributed by atoms with Crippen LogP contribution in [0.25, 0.3) is 11.4 Å². The molecule has 2 fully saturated rings. The van der Waals surface area contributed by atoms with Crippen molar-refractivity contribution in [1.29, 1.82) is 0 Å². The third-order valence-electron chi connectivity index (χ3n) is 6.36. The molecule has 1 amide bonds. The minimum Gasteiger partial charge on any atom is -0.340 e. The predicted molar refractivity (Wildman–Crippen MR) is 113 cm³/mol. The molecule has 0 bridgehead atoms. The van der Waals surface area contributed by atoms with Crippen LogP contribution in [0, 0.1) is 5.92 Å². The van der Waals surface area contributed by atoms with Gasteiger partial charge in [0.1, 0.15) is 0 Å². The highest BCUT2D eigenvalue weighted by molar-refractivity contribution is 6.30. The van der Waals surface area contributed by atoms with Gasteiger partial charge in [-0.2, -0.15) is 4.98 Å². The molecule has 0 spiro atoms. The molecule has 1 aliphatic heterocycles. The minimum absolute atomic E-state index is 0.0271. The van der Waals surface area contributed by atoms with Crippen molar-refractivity contribution in [2.45, 2.75) is 51.5 Å². The molecule has 2 aliphatic rings. The van der Waals surface area contributed by atoms with E-state index in [9.17, 15) is 4.79 Å². The summed E-state index contributed by atoms with van der Waals surface area (Å²) in [6.07, 6.45) is 7.05. The number of piperazine rings is 1. The van der Waals surface area contributed by atoms with Gasteiger partial charge in [0, 0.05) is 43.2 Å². The summed E-state index contributed by atoms with van der Waals surface area (Å²) < 4.78 is 5.52. The van der Waals surface area contributed by atoms with E-state index < -0.39 is 0 Å². The molecule has 156 valence electrons. The van der Waals surface area contributed by atoms with Crippen LogP contribution < -0.4 is 0 Å². The quantitative estimate of drug-likeness (QED) is 0.690. The topological polar surface area (TPSA) is 62.5 Å². The highest BCUT2D eigenvalue weighted by Crippen LogP contribution is 2.29. The zero-order valence-corrected chi connectivity index (χ0v) is 17.8. The van der Waals surface area contributed by atoms with E-state index in [4.69, 9.17) is 16.1 Å². The Kier molecular flexibility index (Phi) is 6.50. The van der Waals surface area contributed by atoms with Crippen molar-refractivity contribution in [2.75, 3.05) is 26.2 Å². The monoisotopic (exact) mass is 416 g/mol. The fourth-order valence-electron chi connectivity index (χ4n) is 4.42. The first-order valence-corrected chi connectivity index (χ1v) is 11.1. The number of amides is 1. The molecule has 7 heteroatoms. The molecule has 29 heavy (non-hydrogen) atoms. The summed E-state index contributed by atoms with van der Waals surface area (Å²) >= 11 is 5.94. The number of hydrogen-bond acceptors (Lipinski definition) is 5. The molecule has 6 nitrogen and oxygen atoms in total. The molecule has 0 unspecified atom stereocenters. The SMILES string of the molecule is C[C@H](c1nc(-c2ccc(Cl)cc2)no1)N1CCN(C(=O)CCC2CCCC2)CC1. The van der Waals surface area contributed by atoms with Crippen molar-refractivity contribution in [3.05, 3.63) is 35.2 Å². The van der Waals surface area contributed by atoms with Crippen molar-refractivity contribution in [3.8, 4) is 11.4 Å². The van der Waals surface area contributed by atoms with Gasteiger partial charge in [0.2, 0.25) is 17.6 Å². The molecule has 1 atom stereocenters. The van der Waals surface area contributed by atoms with Gasteiger partial charge in [0.05, 0.1) is 6.04 Å². The Balaban J connectivity index is 1.28. The molecule has 1 saturated heterocycles. The predicted octanol–water partition coefficient (Wildman–Crippen LogP) is 4.57. The zero-order valence-electron chi connectivity index (χ0n) is 17.0. The molecule has 4 rings (SSSR count). The minimum atomic E-state index is 0.0271. The Bertz CT molecular complexity index is 808. The Morgan fingerprint density at radius 2 is 1.86 bits per heavy atom. The fraction of sp³-hybridized carbons (Fsp3) is 0.591. The zero-order chi connectivity index (χ0) is 20.2. The van der Waals surface area contributed by atoms with Crippen molar-refractivity contribution in [2.24, 2.45) is 5.92 Å². The largest absolute Gasteiger partial charge is 0.340 e. The maximum absolute atomic E-state index is 12.5. The van der Waals surface area contributed by atoms with Gasteiger partial charge in [-0.05, 0) is 43.5 Å². The fourth-order valence-corrected chi connectivity index (χ4v) is 4.55. The van der Waals surface area contributed by atoms with Crippen LogP contribution in [0.1, 0.15) is 57.4 Å². The van der Waals surface area contributed by atoms with Crippen LogP contribution in [-0.4, -0.2) is 52.0 Å². The van der Waals surface area contributed by atoms with Gasteiger partial charge in [-0.15, -0.1) is 0 Å². The number of carbonyl (C=O) groups is 1. The average molecular weight is 417 g/mol. The molecule has 0 radical (unpaired) electrons. The van der Waals surface area contributed by atoms with Crippen LogP contribution >= 0.6 is 11.6 Å². The van der Waals surface area contributed by atoms with Gasteiger partial charge in [-0.3, -0.25) is 9.69 Å². The second-order valence-electron chi connectivity index (χ2n) is 8.25. The molecule has 1 aliphatic carbocycles. The normalized spacial score (nSPS) is 19.6. The van der Waals surface area contributed by atoms with E-state index in [0.29, 0.717) is 29.1 Å². The highest BCUT2D eigenvalue weighted by atomic mass is 35.5. The maximum atomic E-state index is 12.5. The molecule has 2 aromatic rings. The number of nitrogens with zero attached hydrogens (tertiary/aromatic N) is 4. The summed E-state index contributed by atoms with van der Waals surface area (Å²) in [6.45, 7) is 5.28. The number of benzene rings is 1. The summed E-state index contributed by atoms with van der Waals surface area (Å²) in [7, 11) is 0. The number of rotatable bonds is 6. The van der Waals surface area contributed by atoms with Gasteiger partial charge < -0.3 is 9.42 Å². The van der Waals surface area contributed by atoms with Gasteiger partial charge >= 0.3 is 0 Å².